The first-order valence-electron chi connectivity index (χ1n) is 6.82. The molecule has 0 bridgehead atoms. The molecule has 4 nitrogen and oxygen atoms in total. The normalized spacial score (nSPS) is 20.9. The second-order valence-electron chi connectivity index (χ2n) is 6.17. The maximum Gasteiger partial charge on any atom is 0.492 e. The number of hydrogen-bond acceptors (Lipinski definition) is 4. The summed E-state index contributed by atoms with van der Waals surface area (Å²) in [5.74, 6) is -0.719. The van der Waals surface area contributed by atoms with Crippen LogP contribution in [0.15, 0.2) is 23.7 Å². The molecule has 0 saturated carbocycles. The predicted octanol–water partition coefficient (Wildman–Crippen LogP) is 2.54. The molecule has 0 unspecified atom stereocenters. The average molecular weight is 294 g/mol. The highest BCUT2D eigenvalue weighted by Crippen LogP contribution is 2.39. The van der Waals surface area contributed by atoms with E-state index in [-0.39, 0.29) is 12.4 Å². The van der Waals surface area contributed by atoms with E-state index in [1.165, 1.54) is 12.1 Å². The predicted molar refractivity (Wildman–Crippen MR) is 79.2 cm³/mol. The Morgan fingerprint density at radius 3 is 2.29 bits per heavy atom. The van der Waals surface area contributed by atoms with Crippen molar-refractivity contribution in [3.8, 4) is 5.75 Å². The van der Waals surface area contributed by atoms with Crippen LogP contribution in [0.2, 0.25) is 0 Å². The number of aromatic hydroxyl groups is 1. The van der Waals surface area contributed by atoms with Gasteiger partial charge in [-0.05, 0) is 45.3 Å². The van der Waals surface area contributed by atoms with Crippen LogP contribution in [0.3, 0.4) is 0 Å². The van der Waals surface area contributed by atoms with Gasteiger partial charge in [0.2, 0.25) is 0 Å². The highest BCUT2D eigenvalue weighted by Gasteiger charge is 2.52. The van der Waals surface area contributed by atoms with Crippen molar-refractivity contribution in [2.24, 2.45) is 0 Å². The zero-order valence-electron chi connectivity index (χ0n) is 12.7. The van der Waals surface area contributed by atoms with Gasteiger partial charge in [0.25, 0.3) is 0 Å². The van der Waals surface area contributed by atoms with Crippen molar-refractivity contribution in [1.29, 1.82) is 0 Å². The lowest BCUT2D eigenvalue weighted by atomic mass is 9.77. The largest absolute Gasteiger partial charge is 0.507 e. The second kappa shape index (κ2) is 5.44. The van der Waals surface area contributed by atoms with E-state index >= 15 is 0 Å². The third-order valence-electron chi connectivity index (χ3n) is 4.07. The highest BCUT2D eigenvalue weighted by atomic mass is 19.1. The number of rotatable bonds is 3. The van der Waals surface area contributed by atoms with E-state index in [1.54, 1.807) is 6.08 Å². The van der Waals surface area contributed by atoms with Gasteiger partial charge in [-0.25, -0.2) is 4.39 Å². The summed E-state index contributed by atoms with van der Waals surface area (Å²) in [7, 11) is -0.704. The molecule has 1 fully saturated rings. The molecule has 1 aliphatic rings. The van der Waals surface area contributed by atoms with Crippen molar-refractivity contribution >= 4 is 13.2 Å². The average Bonchev–Trinajstić information content (AvgIpc) is 2.57. The van der Waals surface area contributed by atoms with Gasteiger partial charge in [0.1, 0.15) is 11.6 Å². The molecule has 6 heteroatoms. The Morgan fingerprint density at radius 2 is 1.81 bits per heavy atom. The Morgan fingerprint density at radius 1 is 1.24 bits per heavy atom. The number of halogens is 1. The van der Waals surface area contributed by atoms with Gasteiger partial charge in [-0.2, -0.15) is 0 Å². The van der Waals surface area contributed by atoms with Gasteiger partial charge in [0.05, 0.1) is 17.8 Å². The van der Waals surface area contributed by atoms with Crippen molar-refractivity contribution < 1.29 is 23.9 Å². The van der Waals surface area contributed by atoms with Crippen LogP contribution in [0.1, 0.15) is 33.3 Å². The minimum Gasteiger partial charge on any atom is -0.507 e. The third kappa shape index (κ3) is 3.12. The summed E-state index contributed by atoms with van der Waals surface area (Å²) < 4.78 is 24.7. The monoisotopic (exact) mass is 294 g/mol. The molecule has 2 rings (SSSR count). The third-order valence-corrected chi connectivity index (χ3v) is 4.07. The summed E-state index contributed by atoms with van der Waals surface area (Å²) in [6, 6.07) is 3.70. The molecule has 1 saturated heterocycles. The Bertz CT molecular complexity index is 553. The van der Waals surface area contributed by atoms with Crippen LogP contribution >= 0.6 is 0 Å². The topological polar surface area (TPSA) is 58.9 Å². The van der Waals surface area contributed by atoms with Crippen LogP contribution in [-0.2, 0) is 9.31 Å². The Kier molecular flexibility index (Phi) is 4.15. The minimum atomic E-state index is -0.704. The van der Waals surface area contributed by atoms with E-state index < -0.39 is 24.1 Å². The van der Waals surface area contributed by atoms with Crippen LogP contribution in [0.5, 0.6) is 5.75 Å². The zero-order chi connectivity index (χ0) is 15.8. The molecule has 0 aromatic heterocycles. The quantitative estimate of drug-likeness (QED) is 0.841. The maximum absolute atomic E-state index is 13.0. The van der Waals surface area contributed by atoms with Gasteiger partial charge in [0.15, 0.2) is 0 Å². The number of aliphatic hydroxyl groups excluding tert-OH is 1. The molecule has 1 heterocycles. The summed E-state index contributed by atoms with van der Waals surface area (Å²) in [4.78, 5) is 0. The molecule has 114 valence electrons. The number of phenols is 1. The Hall–Kier alpha value is -1.37. The molecule has 1 aromatic rings. The van der Waals surface area contributed by atoms with Crippen molar-refractivity contribution in [1.82, 2.24) is 0 Å². The lowest BCUT2D eigenvalue weighted by molar-refractivity contribution is 0.00578. The number of hydrogen-bond donors (Lipinski definition) is 2. The van der Waals surface area contributed by atoms with Crippen molar-refractivity contribution in [2.75, 3.05) is 6.61 Å². The Balaban J connectivity index is 2.31. The number of phenolic OH excluding ortho intramolecular Hbond substituents is 1. The molecule has 1 aliphatic heterocycles. The molecular formula is C15H20BFO4. The fourth-order valence-corrected chi connectivity index (χ4v) is 2.02. The van der Waals surface area contributed by atoms with Crippen LogP contribution in [0.4, 0.5) is 4.39 Å². The van der Waals surface area contributed by atoms with E-state index in [4.69, 9.17) is 9.31 Å². The first-order valence-corrected chi connectivity index (χ1v) is 6.82. The minimum absolute atomic E-state index is 0.197. The van der Waals surface area contributed by atoms with E-state index in [9.17, 15) is 14.6 Å². The SMILES string of the molecule is CC1(C)OB(C(=Cc2ccc(F)cc2O)CO)OC1(C)C. The lowest BCUT2D eigenvalue weighted by Gasteiger charge is -2.32. The Labute approximate surface area is 124 Å². The molecule has 0 amide bonds. The molecule has 2 N–H and O–H groups in total. The zero-order valence-corrected chi connectivity index (χ0v) is 12.7. The summed E-state index contributed by atoms with van der Waals surface area (Å²) in [6.07, 6.45) is 1.55. The van der Waals surface area contributed by atoms with Gasteiger partial charge in [0, 0.05) is 11.6 Å². The van der Waals surface area contributed by atoms with Gasteiger partial charge in [-0.3, -0.25) is 0 Å². The van der Waals surface area contributed by atoms with Crippen LogP contribution in [-0.4, -0.2) is 35.1 Å². The van der Waals surface area contributed by atoms with E-state index in [2.05, 4.69) is 0 Å². The number of aliphatic hydroxyl groups is 1. The van der Waals surface area contributed by atoms with Gasteiger partial charge >= 0.3 is 7.12 Å². The van der Waals surface area contributed by atoms with Gasteiger partial charge in [-0.15, -0.1) is 0 Å². The molecule has 0 radical (unpaired) electrons. The molecule has 0 spiro atoms. The first-order chi connectivity index (χ1) is 9.66. The fraction of sp³-hybridized carbons (Fsp3) is 0.467. The molecule has 21 heavy (non-hydrogen) atoms. The van der Waals surface area contributed by atoms with Crippen molar-refractivity contribution in [3.63, 3.8) is 0 Å². The molecular weight excluding hydrogens is 274 g/mol. The summed E-state index contributed by atoms with van der Waals surface area (Å²) in [6.45, 7) is 7.37. The molecule has 0 aliphatic carbocycles. The van der Waals surface area contributed by atoms with Crippen LogP contribution < -0.4 is 0 Å². The van der Waals surface area contributed by atoms with E-state index in [1.807, 2.05) is 27.7 Å². The summed E-state index contributed by atoms with van der Waals surface area (Å²) >= 11 is 0. The van der Waals surface area contributed by atoms with E-state index in [0.29, 0.717) is 11.0 Å². The smallest absolute Gasteiger partial charge is 0.492 e. The standard InChI is InChI=1S/C15H20BFO4/c1-14(2)15(3,4)21-16(20-14)11(9-18)7-10-5-6-12(17)8-13(10)19/h5-8,18-19H,9H2,1-4H3. The van der Waals surface area contributed by atoms with Gasteiger partial charge < -0.3 is 19.5 Å². The summed E-state index contributed by atoms with van der Waals surface area (Å²) in [5, 5.41) is 19.3. The fourth-order valence-electron chi connectivity index (χ4n) is 2.02. The maximum atomic E-state index is 13.0. The van der Waals surface area contributed by atoms with Crippen molar-refractivity contribution in [3.05, 3.63) is 35.1 Å². The number of benzene rings is 1. The van der Waals surface area contributed by atoms with E-state index in [0.717, 1.165) is 6.07 Å². The van der Waals surface area contributed by atoms with Gasteiger partial charge in [-0.1, -0.05) is 6.08 Å². The highest BCUT2D eigenvalue weighted by molar-refractivity contribution is 6.55. The second-order valence-corrected chi connectivity index (χ2v) is 6.17. The van der Waals surface area contributed by atoms with Crippen molar-refractivity contribution in [2.45, 2.75) is 38.9 Å². The summed E-state index contributed by atoms with van der Waals surface area (Å²) in [5.41, 5.74) is -0.168. The molecule has 0 atom stereocenters. The lowest BCUT2D eigenvalue weighted by Crippen LogP contribution is -2.41. The molecule has 1 aromatic carbocycles. The van der Waals surface area contributed by atoms with Crippen LogP contribution in [0.25, 0.3) is 6.08 Å². The van der Waals surface area contributed by atoms with Crippen LogP contribution in [0, 0.1) is 5.82 Å². The first kappa shape index (κ1) is 16.0.